The molecule has 2 aromatic rings. The maximum Gasteiger partial charge on any atom is 0.0723 e. The van der Waals surface area contributed by atoms with Gasteiger partial charge in [0.05, 0.1) is 5.52 Å². The monoisotopic (exact) mass is 361 g/mol. The normalized spacial score (nSPS) is 27.6. The second kappa shape index (κ2) is 6.94. The van der Waals surface area contributed by atoms with Crippen LogP contribution in [0, 0.1) is 5.41 Å². The van der Waals surface area contributed by atoms with E-state index in [9.17, 15) is 0 Å². The van der Waals surface area contributed by atoms with Crippen LogP contribution in [0.4, 0.5) is 5.69 Å². The molecule has 1 saturated heterocycles. The molecule has 3 nitrogen and oxygen atoms in total. The van der Waals surface area contributed by atoms with Crippen molar-refractivity contribution in [3.63, 3.8) is 0 Å². The number of benzene rings is 1. The van der Waals surface area contributed by atoms with Gasteiger partial charge in [0.15, 0.2) is 0 Å². The van der Waals surface area contributed by atoms with Crippen LogP contribution >= 0.6 is 0 Å². The molecular weight excluding hydrogens is 330 g/mol. The minimum absolute atomic E-state index is 0.582. The summed E-state index contributed by atoms with van der Waals surface area (Å²) in [6.07, 6.45) is 15.0. The number of likely N-dealkylation sites (tertiary alicyclic amines) is 1. The molecule has 3 heteroatoms. The Morgan fingerprint density at radius 1 is 1.04 bits per heavy atom. The number of fused-ring (bicyclic) bond motifs is 1. The lowest BCUT2D eigenvalue weighted by Gasteiger charge is -2.41. The SMILES string of the molecule is C=Cc1ccc2nccc(NC3CCC(N4CCC5(CC4)CC5)CC3)c2c1. The van der Waals surface area contributed by atoms with E-state index in [0.717, 1.165) is 22.5 Å². The van der Waals surface area contributed by atoms with Crippen molar-refractivity contribution >= 4 is 22.7 Å². The lowest BCUT2D eigenvalue weighted by molar-refractivity contribution is 0.0975. The number of anilines is 1. The van der Waals surface area contributed by atoms with E-state index in [1.54, 1.807) is 0 Å². The van der Waals surface area contributed by atoms with E-state index in [4.69, 9.17) is 0 Å². The predicted molar refractivity (Wildman–Crippen MR) is 114 cm³/mol. The van der Waals surface area contributed by atoms with Crippen LogP contribution in [0.1, 0.15) is 56.9 Å². The van der Waals surface area contributed by atoms with Crippen molar-refractivity contribution in [2.75, 3.05) is 18.4 Å². The molecule has 1 N–H and O–H groups in total. The molecule has 27 heavy (non-hydrogen) atoms. The van der Waals surface area contributed by atoms with Gasteiger partial charge in [-0.2, -0.15) is 0 Å². The van der Waals surface area contributed by atoms with Crippen molar-refractivity contribution < 1.29 is 0 Å². The Hall–Kier alpha value is -1.87. The minimum atomic E-state index is 0.582. The first-order valence-corrected chi connectivity index (χ1v) is 10.8. The van der Waals surface area contributed by atoms with E-state index >= 15 is 0 Å². The second-order valence-electron chi connectivity index (χ2n) is 9.02. The molecule has 0 bridgehead atoms. The predicted octanol–water partition coefficient (Wildman–Crippen LogP) is 5.48. The lowest BCUT2D eigenvalue weighted by Crippen LogP contribution is -2.45. The Bertz CT molecular complexity index is 821. The summed E-state index contributed by atoms with van der Waals surface area (Å²) in [5.41, 5.74) is 4.23. The third-order valence-corrected chi connectivity index (χ3v) is 7.39. The van der Waals surface area contributed by atoms with E-state index in [1.807, 2.05) is 12.3 Å². The molecule has 0 atom stereocenters. The van der Waals surface area contributed by atoms with Gasteiger partial charge in [-0.05, 0) is 93.6 Å². The zero-order chi connectivity index (χ0) is 18.3. The number of pyridine rings is 1. The molecule has 2 aliphatic carbocycles. The highest BCUT2D eigenvalue weighted by molar-refractivity contribution is 5.92. The quantitative estimate of drug-likeness (QED) is 0.782. The third-order valence-electron chi connectivity index (χ3n) is 7.39. The molecule has 3 aliphatic rings. The fraction of sp³-hybridized carbons (Fsp3) is 0.542. The van der Waals surface area contributed by atoms with Crippen molar-refractivity contribution in [2.24, 2.45) is 5.41 Å². The van der Waals surface area contributed by atoms with E-state index in [0.29, 0.717) is 6.04 Å². The molecule has 0 unspecified atom stereocenters. The highest BCUT2D eigenvalue weighted by Crippen LogP contribution is 2.54. The Labute approximate surface area is 162 Å². The average molecular weight is 362 g/mol. The van der Waals surface area contributed by atoms with Crippen LogP contribution in [0.2, 0.25) is 0 Å². The van der Waals surface area contributed by atoms with Crippen LogP contribution < -0.4 is 5.32 Å². The number of nitrogens with one attached hydrogen (secondary N) is 1. The van der Waals surface area contributed by atoms with Gasteiger partial charge < -0.3 is 10.2 Å². The van der Waals surface area contributed by atoms with Gasteiger partial charge in [-0.25, -0.2) is 0 Å². The number of aromatic nitrogens is 1. The number of hydrogen-bond acceptors (Lipinski definition) is 3. The van der Waals surface area contributed by atoms with Gasteiger partial charge in [-0.1, -0.05) is 18.7 Å². The Kier molecular flexibility index (Phi) is 4.43. The molecule has 2 heterocycles. The molecule has 2 saturated carbocycles. The van der Waals surface area contributed by atoms with Gasteiger partial charge in [0, 0.05) is 29.4 Å². The van der Waals surface area contributed by atoms with Crippen LogP contribution in [0.5, 0.6) is 0 Å². The van der Waals surface area contributed by atoms with E-state index in [2.05, 4.69) is 46.0 Å². The first kappa shape index (κ1) is 17.2. The molecule has 0 amide bonds. The van der Waals surface area contributed by atoms with Crippen molar-refractivity contribution in [3.05, 3.63) is 42.6 Å². The molecule has 3 fully saturated rings. The van der Waals surface area contributed by atoms with Gasteiger partial charge in [0.25, 0.3) is 0 Å². The first-order chi connectivity index (χ1) is 13.2. The van der Waals surface area contributed by atoms with E-state index in [-0.39, 0.29) is 0 Å². The molecule has 142 valence electrons. The van der Waals surface area contributed by atoms with Gasteiger partial charge in [-0.15, -0.1) is 0 Å². The zero-order valence-corrected chi connectivity index (χ0v) is 16.3. The lowest BCUT2D eigenvalue weighted by atomic mass is 9.86. The highest BCUT2D eigenvalue weighted by Gasteiger charge is 2.45. The van der Waals surface area contributed by atoms with Crippen LogP contribution in [-0.2, 0) is 0 Å². The maximum absolute atomic E-state index is 4.52. The molecule has 1 spiro atoms. The third kappa shape index (κ3) is 3.50. The smallest absolute Gasteiger partial charge is 0.0723 e. The summed E-state index contributed by atoms with van der Waals surface area (Å²) in [5, 5.41) is 5.04. The summed E-state index contributed by atoms with van der Waals surface area (Å²) in [7, 11) is 0. The van der Waals surface area contributed by atoms with Gasteiger partial charge in [0.2, 0.25) is 0 Å². The van der Waals surface area contributed by atoms with Crippen molar-refractivity contribution in [2.45, 2.75) is 63.5 Å². The number of rotatable bonds is 4. The summed E-state index contributed by atoms with van der Waals surface area (Å²) in [6, 6.07) is 9.91. The summed E-state index contributed by atoms with van der Waals surface area (Å²) in [6.45, 7) is 6.60. The van der Waals surface area contributed by atoms with Gasteiger partial charge in [-0.3, -0.25) is 4.98 Å². The summed E-state index contributed by atoms with van der Waals surface area (Å²) in [5.74, 6) is 0. The number of hydrogen-bond donors (Lipinski definition) is 1. The van der Waals surface area contributed by atoms with Crippen LogP contribution in [0.15, 0.2) is 37.0 Å². The fourth-order valence-corrected chi connectivity index (χ4v) is 5.26. The Balaban J connectivity index is 1.22. The van der Waals surface area contributed by atoms with E-state index in [1.165, 1.54) is 75.5 Å². The van der Waals surface area contributed by atoms with Crippen molar-refractivity contribution in [1.82, 2.24) is 9.88 Å². The molecule has 1 aromatic carbocycles. The number of nitrogens with zero attached hydrogens (tertiary/aromatic N) is 2. The van der Waals surface area contributed by atoms with Crippen LogP contribution in [0.25, 0.3) is 17.0 Å². The average Bonchev–Trinajstić information content (AvgIpc) is 3.48. The standard InChI is InChI=1S/C24H31N3/c1-2-18-3-8-22-21(17-18)23(9-14-25-22)26-19-4-6-20(7-5-19)27-15-12-24(10-11-24)13-16-27/h2-3,8-9,14,17,19-20H,1,4-7,10-13,15-16H2,(H,25,26). The Morgan fingerprint density at radius 3 is 2.52 bits per heavy atom. The first-order valence-electron chi connectivity index (χ1n) is 10.8. The summed E-state index contributed by atoms with van der Waals surface area (Å²) in [4.78, 5) is 7.32. The number of piperidine rings is 1. The highest BCUT2D eigenvalue weighted by atomic mass is 15.2. The summed E-state index contributed by atoms with van der Waals surface area (Å²) >= 11 is 0. The van der Waals surface area contributed by atoms with Crippen molar-refractivity contribution in [1.29, 1.82) is 0 Å². The van der Waals surface area contributed by atoms with Crippen LogP contribution in [-0.4, -0.2) is 35.1 Å². The largest absolute Gasteiger partial charge is 0.382 e. The molecular formula is C24H31N3. The van der Waals surface area contributed by atoms with E-state index < -0.39 is 0 Å². The van der Waals surface area contributed by atoms with Gasteiger partial charge >= 0.3 is 0 Å². The zero-order valence-electron chi connectivity index (χ0n) is 16.3. The van der Waals surface area contributed by atoms with Crippen molar-refractivity contribution in [3.8, 4) is 0 Å². The molecule has 1 aliphatic heterocycles. The molecule has 0 radical (unpaired) electrons. The Morgan fingerprint density at radius 2 is 1.81 bits per heavy atom. The van der Waals surface area contributed by atoms with Gasteiger partial charge in [0.1, 0.15) is 0 Å². The topological polar surface area (TPSA) is 28.2 Å². The summed E-state index contributed by atoms with van der Waals surface area (Å²) < 4.78 is 0. The molecule has 5 rings (SSSR count). The second-order valence-corrected chi connectivity index (χ2v) is 9.02. The van der Waals surface area contributed by atoms with Crippen LogP contribution in [0.3, 0.4) is 0 Å². The molecule has 1 aromatic heterocycles. The minimum Gasteiger partial charge on any atom is -0.382 e. The maximum atomic E-state index is 4.52. The fourth-order valence-electron chi connectivity index (χ4n) is 5.26.